The molecule has 2 aromatic carbocycles. The molecular formula is C19H18N6O2. The Morgan fingerprint density at radius 2 is 2.07 bits per heavy atom. The minimum atomic E-state index is -0.143. The number of nitrogens with zero attached hydrogens (tertiary/aromatic N) is 3. The number of methoxy groups -OCH3 is 1. The second-order valence-corrected chi connectivity index (χ2v) is 6.00. The van der Waals surface area contributed by atoms with Crippen molar-refractivity contribution in [1.29, 1.82) is 0 Å². The van der Waals surface area contributed by atoms with E-state index in [2.05, 4.69) is 30.7 Å². The average molecular weight is 362 g/mol. The lowest BCUT2D eigenvalue weighted by atomic mass is 10.0. The van der Waals surface area contributed by atoms with E-state index in [0.717, 1.165) is 27.7 Å². The molecule has 136 valence electrons. The normalized spacial score (nSPS) is 11.0. The summed E-state index contributed by atoms with van der Waals surface area (Å²) >= 11 is 0. The van der Waals surface area contributed by atoms with Crippen molar-refractivity contribution in [3.63, 3.8) is 0 Å². The van der Waals surface area contributed by atoms with E-state index in [1.165, 1.54) is 6.33 Å². The Kier molecular flexibility index (Phi) is 4.63. The zero-order valence-corrected chi connectivity index (χ0v) is 14.7. The first kappa shape index (κ1) is 16.9. The van der Waals surface area contributed by atoms with Crippen LogP contribution in [-0.4, -0.2) is 51.5 Å². The molecule has 0 aliphatic heterocycles. The van der Waals surface area contributed by atoms with Crippen LogP contribution in [0.5, 0.6) is 0 Å². The summed E-state index contributed by atoms with van der Waals surface area (Å²) in [4.78, 5) is 16.5. The number of hydrogen-bond acceptors (Lipinski definition) is 5. The van der Waals surface area contributed by atoms with E-state index in [9.17, 15) is 4.79 Å². The molecule has 0 radical (unpaired) electrons. The van der Waals surface area contributed by atoms with E-state index < -0.39 is 0 Å². The van der Waals surface area contributed by atoms with Crippen molar-refractivity contribution in [2.24, 2.45) is 0 Å². The van der Waals surface area contributed by atoms with Gasteiger partial charge in [0.05, 0.1) is 17.8 Å². The van der Waals surface area contributed by atoms with Gasteiger partial charge < -0.3 is 10.1 Å². The van der Waals surface area contributed by atoms with Gasteiger partial charge in [-0.2, -0.15) is 10.2 Å². The van der Waals surface area contributed by atoms with Gasteiger partial charge in [-0.25, -0.2) is 4.98 Å². The van der Waals surface area contributed by atoms with Crippen LogP contribution in [0.2, 0.25) is 0 Å². The summed E-state index contributed by atoms with van der Waals surface area (Å²) in [6, 6.07) is 13.3. The lowest BCUT2D eigenvalue weighted by Gasteiger charge is -2.06. The summed E-state index contributed by atoms with van der Waals surface area (Å²) in [6.07, 6.45) is 1.47. The lowest BCUT2D eigenvalue weighted by molar-refractivity contribution is 0.0937. The first-order valence-electron chi connectivity index (χ1n) is 8.47. The van der Waals surface area contributed by atoms with Crippen LogP contribution in [0, 0.1) is 0 Å². The Bertz CT molecular complexity index is 1070. The Balaban J connectivity index is 1.69. The number of carbonyl (C=O) groups excluding carboxylic acids is 1. The van der Waals surface area contributed by atoms with Gasteiger partial charge in [-0.1, -0.05) is 12.1 Å². The van der Waals surface area contributed by atoms with Gasteiger partial charge >= 0.3 is 0 Å². The first-order chi connectivity index (χ1) is 13.3. The SMILES string of the molecule is COCCNC(=O)c1cccc(-c2n[nH]c3ccc(-c4ncn[nH]4)cc23)c1. The fourth-order valence-corrected chi connectivity index (χ4v) is 2.90. The van der Waals surface area contributed by atoms with Crippen LogP contribution >= 0.6 is 0 Å². The van der Waals surface area contributed by atoms with Crippen LogP contribution in [0.25, 0.3) is 33.5 Å². The standard InChI is InChI=1S/C19H18N6O2/c1-27-8-7-20-19(26)14-4-2-3-12(9-14)17-15-10-13(18-21-11-22-25-18)5-6-16(15)23-24-17/h2-6,9-11H,7-8H2,1H3,(H,20,26)(H,23,24)(H,21,22,25). The maximum atomic E-state index is 12.3. The summed E-state index contributed by atoms with van der Waals surface area (Å²) in [5.74, 6) is 0.548. The third kappa shape index (κ3) is 3.42. The molecule has 0 aliphatic rings. The topological polar surface area (TPSA) is 109 Å². The van der Waals surface area contributed by atoms with Crippen LogP contribution in [-0.2, 0) is 4.74 Å². The van der Waals surface area contributed by atoms with Gasteiger partial charge in [0.1, 0.15) is 6.33 Å². The number of ether oxygens (including phenoxy) is 1. The predicted octanol–water partition coefficient (Wildman–Crippen LogP) is 2.39. The molecule has 8 heteroatoms. The number of benzene rings is 2. The molecular weight excluding hydrogens is 344 g/mol. The second-order valence-electron chi connectivity index (χ2n) is 6.00. The van der Waals surface area contributed by atoms with Gasteiger partial charge in [0.15, 0.2) is 5.82 Å². The molecule has 0 aliphatic carbocycles. The zero-order chi connectivity index (χ0) is 18.6. The van der Waals surface area contributed by atoms with E-state index in [1.54, 1.807) is 13.2 Å². The number of rotatable bonds is 6. The van der Waals surface area contributed by atoms with Gasteiger partial charge in [0, 0.05) is 35.7 Å². The van der Waals surface area contributed by atoms with Crippen molar-refractivity contribution in [3.05, 3.63) is 54.4 Å². The quantitative estimate of drug-likeness (QED) is 0.456. The molecule has 3 N–H and O–H groups in total. The predicted molar refractivity (Wildman–Crippen MR) is 101 cm³/mol. The minimum absolute atomic E-state index is 0.143. The molecule has 0 saturated heterocycles. The van der Waals surface area contributed by atoms with Crippen LogP contribution in [0.15, 0.2) is 48.8 Å². The number of aromatic nitrogens is 5. The summed E-state index contributed by atoms with van der Waals surface area (Å²) in [7, 11) is 1.60. The van der Waals surface area contributed by atoms with Crippen molar-refractivity contribution < 1.29 is 9.53 Å². The van der Waals surface area contributed by atoms with Crippen molar-refractivity contribution in [2.75, 3.05) is 20.3 Å². The molecule has 0 unspecified atom stereocenters. The third-order valence-electron chi connectivity index (χ3n) is 4.24. The number of nitrogens with one attached hydrogen (secondary N) is 3. The maximum Gasteiger partial charge on any atom is 0.251 e. The Labute approximate surface area is 155 Å². The summed E-state index contributed by atoms with van der Waals surface area (Å²) < 4.78 is 4.96. The fourth-order valence-electron chi connectivity index (χ4n) is 2.90. The number of hydrogen-bond donors (Lipinski definition) is 3. The molecule has 27 heavy (non-hydrogen) atoms. The molecule has 4 rings (SSSR count). The highest BCUT2D eigenvalue weighted by atomic mass is 16.5. The molecule has 4 aromatic rings. The lowest BCUT2D eigenvalue weighted by Crippen LogP contribution is -2.26. The number of carbonyl (C=O) groups is 1. The van der Waals surface area contributed by atoms with Gasteiger partial charge in [0.2, 0.25) is 0 Å². The molecule has 8 nitrogen and oxygen atoms in total. The van der Waals surface area contributed by atoms with Gasteiger partial charge in [-0.3, -0.25) is 15.0 Å². The summed E-state index contributed by atoms with van der Waals surface area (Å²) in [5.41, 5.74) is 4.03. The van der Waals surface area contributed by atoms with Crippen molar-refractivity contribution in [1.82, 2.24) is 30.7 Å². The van der Waals surface area contributed by atoms with E-state index in [0.29, 0.717) is 24.5 Å². The van der Waals surface area contributed by atoms with Crippen molar-refractivity contribution >= 4 is 16.8 Å². The van der Waals surface area contributed by atoms with E-state index in [1.807, 2.05) is 36.4 Å². The highest BCUT2D eigenvalue weighted by Crippen LogP contribution is 2.29. The van der Waals surface area contributed by atoms with Crippen LogP contribution < -0.4 is 5.32 Å². The molecule has 0 fully saturated rings. The number of amides is 1. The number of aromatic amines is 2. The Morgan fingerprint density at radius 1 is 1.15 bits per heavy atom. The molecule has 0 spiro atoms. The molecule has 0 bridgehead atoms. The van der Waals surface area contributed by atoms with Gasteiger partial charge in [0.25, 0.3) is 5.91 Å². The minimum Gasteiger partial charge on any atom is -0.383 e. The largest absolute Gasteiger partial charge is 0.383 e. The first-order valence-corrected chi connectivity index (χ1v) is 8.47. The number of H-pyrrole nitrogens is 2. The molecule has 1 amide bonds. The average Bonchev–Trinajstić information content (AvgIpc) is 3.37. The summed E-state index contributed by atoms with van der Waals surface area (Å²) in [5, 5.41) is 18.0. The van der Waals surface area contributed by atoms with Crippen molar-refractivity contribution in [3.8, 4) is 22.6 Å². The second kappa shape index (κ2) is 7.38. The monoisotopic (exact) mass is 362 g/mol. The van der Waals surface area contributed by atoms with E-state index >= 15 is 0 Å². The third-order valence-corrected chi connectivity index (χ3v) is 4.24. The highest BCUT2D eigenvalue weighted by Gasteiger charge is 2.13. The smallest absolute Gasteiger partial charge is 0.251 e. The van der Waals surface area contributed by atoms with Crippen LogP contribution in [0.3, 0.4) is 0 Å². The molecule has 2 aromatic heterocycles. The van der Waals surface area contributed by atoms with E-state index in [-0.39, 0.29) is 5.91 Å². The van der Waals surface area contributed by atoms with Crippen LogP contribution in [0.1, 0.15) is 10.4 Å². The fraction of sp³-hybridized carbons (Fsp3) is 0.158. The Morgan fingerprint density at radius 3 is 2.89 bits per heavy atom. The number of fused-ring (bicyclic) bond motifs is 1. The van der Waals surface area contributed by atoms with Crippen LogP contribution in [0.4, 0.5) is 0 Å². The summed E-state index contributed by atoms with van der Waals surface area (Å²) in [6.45, 7) is 0.936. The molecule has 0 atom stereocenters. The maximum absolute atomic E-state index is 12.3. The van der Waals surface area contributed by atoms with Gasteiger partial charge in [-0.15, -0.1) is 0 Å². The molecule has 2 heterocycles. The zero-order valence-electron chi connectivity index (χ0n) is 14.7. The highest BCUT2D eigenvalue weighted by molar-refractivity contribution is 5.98. The molecule has 0 saturated carbocycles. The van der Waals surface area contributed by atoms with E-state index in [4.69, 9.17) is 4.74 Å². The Hall–Kier alpha value is -3.52. The van der Waals surface area contributed by atoms with Crippen molar-refractivity contribution in [2.45, 2.75) is 0 Å². The van der Waals surface area contributed by atoms with Gasteiger partial charge in [-0.05, 0) is 30.3 Å².